The fourth-order valence-electron chi connectivity index (χ4n) is 1.57. The Hall–Kier alpha value is -0.0900. The SMILES string of the molecule is CCCS(=O)(=O)N(C)CC1CCC1. The van der Waals surface area contributed by atoms with E-state index in [4.69, 9.17) is 0 Å². The number of hydrogen-bond donors (Lipinski definition) is 0. The molecule has 0 atom stereocenters. The summed E-state index contributed by atoms with van der Waals surface area (Å²) in [6.07, 6.45) is 4.38. The molecule has 1 fully saturated rings. The van der Waals surface area contributed by atoms with Gasteiger partial charge in [-0.25, -0.2) is 12.7 Å². The Labute approximate surface area is 81.2 Å². The number of rotatable bonds is 5. The zero-order valence-corrected chi connectivity index (χ0v) is 9.31. The van der Waals surface area contributed by atoms with Crippen LogP contribution in [-0.2, 0) is 10.0 Å². The molecule has 1 rings (SSSR count). The van der Waals surface area contributed by atoms with Crippen molar-refractivity contribution in [3.8, 4) is 0 Å². The second kappa shape index (κ2) is 4.42. The molecule has 0 aromatic rings. The highest BCUT2D eigenvalue weighted by atomic mass is 32.2. The number of nitrogens with zero attached hydrogens (tertiary/aromatic N) is 1. The van der Waals surface area contributed by atoms with Crippen LogP contribution in [0.25, 0.3) is 0 Å². The van der Waals surface area contributed by atoms with Gasteiger partial charge in [-0.05, 0) is 25.2 Å². The molecule has 0 bridgehead atoms. The Morgan fingerprint density at radius 3 is 2.38 bits per heavy atom. The molecular weight excluding hydrogens is 186 g/mol. The summed E-state index contributed by atoms with van der Waals surface area (Å²) >= 11 is 0. The van der Waals surface area contributed by atoms with Gasteiger partial charge in [-0.15, -0.1) is 0 Å². The minimum absolute atomic E-state index is 0.288. The van der Waals surface area contributed by atoms with E-state index in [1.165, 1.54) is 23.6 Å². The van der Waals surface area contributed by atoms with Crippen LogP contribution in [0.3, 0.4) is 0 Å². The van der Waals surface area contributed by atoms with E-state index in [1.807, 2.05) is 6.92 Å². The standard InChI is InChI=1S/C9H19NO2S/c1-3-7-13(11,12)10(2)8-9-5-4-6-9/h9H,3-8H2,1-2H3. The van der Waals surface area contributed by atoms with Crippen LogP contribution in [0, 0.1) is 5.92 Å². The third-order valence-corrected chi connectivity index (χ3v) is 4.70. The van der Waals surface area contributed by atoms with Crippen molar-refractivity contribution >= 4 is 10.0 Å². The summed E-state index contributed by atoms with van der Waals surface area (Å²) in [5, 5.41) is 0. The largest absolute Gasteiger partial charge is 0.213 e. The van der Waals surface area contributed by atoms with Gasteiger partial charge >= 0.3 is 0 Å². The van der Waals surface area contributed by atoms with Gasteiger partial charge in [0.2, 0.25) is 10.0 Å². The molecule has 0 saturated heterocycles. The van der Waals surface area contributed by atoms with E-state index >= 15 is 0 Å². The van der Waals surface area contributed by atoms with Crippen molar-refractivity contribution in [1.82, 2.24) is 4.31 Å². The third kappa shape index (κ3) is 2.95. The van der Waals surface area contributed by atoms with Crippen LogP contribution < -0.4 is 0 Å². The van der Waals surface area contributed by atoms with Gasteiger partial charge in [0.05, 0.1) is 5.75 Å². The predicted octanol–water partition coefficient (Wildman–Crippen LogP) is 1.46. The highest BCUT2D eigenvalue weighted by Gasteiger charge is 2.24. The lowest BCUT2D eigenvalue weighted by atomic mass is 9.86. The predicted molar refractivity (Wildman–Crippen MR) is 54.0 cm³/mol. The summed E-state index contributed by atoms with van der Waals surface area (Å²) in [5.74, 6) is 0.910. The lowest BCUT2D eigenvalue weighted by Crippen LogP contribution is -2.35. The maximum atomic E-state index is 11.5. The first kappa shape index (κ1) is 11.0. The van der Waals surface area contributed by atoms with Gasteiger partial charge in [-0.2, -0.15) is 0 Å². The normalized spacial score (nSPS) is 19.0. The zero-order valence-electron chi connectivity index (χ0n) is 8.49. The molecule has 1 aliphatic rings. The molecule has 3 nitrogen and oxygen atoms in total. The van der Waals surface area contributed by atoms with Crippen molar-refractivity contribution in [2.24, 2.45) is 5.92 Å². The summed E-state index contributed by atoms with van der Waals surface area (Å²) < 4.78 is 24.6. The summed E-state index contributed by atoms with van der Waals surface area (Å²) in [5.41, 5.74) is 0. The van der Waals surface area contributed by atoms with Crippen LogP contribution >= 0.6 is 0 Å². The van der Waals surface area contributed by atoms with Gasteiger partial charge < -0.3 is 0 Å². The van der Waals surface area contributed by atoms with Gasteiger partial charge in [-0.3, -0.25) is 0 Å². The van der Waals surface area contributed by atoms with Crippen LogP contribution in [0.15, 0.2) is 0 Å². The van der Waals surface area contributed by atoms with Crippen LogP contribution in [0.5, 0.6) is 0 Å². The molecule has 0 aromatic heterocycles. The second-order valence-electron chi connectivity index (χ2n) is 3.89. The monoisotopic (exact) mass is 205 g/mol. The maximum absolute atomic E-state index is 11.5. The molecular formula is C9H19NO2S. The lowest BCUT2D eigenvalue weighted by molar-refractivity contribution is 0.263. The molecule has 0 N–H and O–H groups in total. The van der Waals surface area contributed by atoms with E-state index in [0.29, 0.717) is 12.3 Å². The van der Waals surface area contributed by atoms with Gasteiger partial charge in [-0.1, -0.05) is 13.3 Å². The molecule has 13 heavy (non-hydrogen) atoms. The highest BCUT2D eigenvalue weighted by molar-refractivity contribution is 7.89. The molecule has 4 heteroatoms. The van der Waals surface area contributed by atoms with E-state index in [0.717, 1.165) is 6.54 Å². The van der Waals surface area contributed by atoms with Gasteiger partial charge in [0, 0.05) is 13.6 Å². The first-order valence-corrected chi connectivity index (χ1v) is 6.61. The molecule has 0 spiro atoms. The van der Waals surface area contributed by atoms with Crippen LogP contribution in [0.4, 0.5) is 0 Å². The minimum atomic E-state index is -2.95. The smallest absolute Gasteiger partial charge is 0.212 e. The van der Waals surface area contributed by atoms with Gasteiger partial charge in [0.25, 0.3) is 0 Å². The molecule has 1 saturated carbocycles. The van der Waals surface area contributed by atoms with Gasteiger partial charge in [0.1, 0.15) is 0 Å². The molecule has 0 aliphatic heterocycles. The summed E-state index contributed by atoms with van der Waals surface area (Å²) in [6.45, 7) is 2.62. The van der Waals surface area contributed by atoms with E-state index < -0.39 is 10.0 Å². The van der Waals surface area contributed by atoms with Crippen molar-refractivity contribution in [3.63, 3.8) is 0 Å². The van der Waals surface area contributed by atoms with Crippen LogP contribution in [0.2, 0.25) is 0 Å². The Morgan fingerprint density at radius 2 is 2.00 bits per heavy atom. The molecule has 0 radical (unpaired) electrons. The number of sulfonamides is 1. The van der Waals surface area contributed by atoms with E-state index in [-0.39, 0.29) is 5.75 Å². The van der Waals surface area contributed by atoms with Crippen molar-refractivity contribution in [1.29, 1.82) is 0 Å². The summed E-state index contributed by atoms with van der Waals surface area (Å²) in [4.78, 5) is 0. The van der Waals surface area contributed by atoms with Crippen molar-refractivity contribution in [3.05, 3.63) is 0 Å². The first-order valence-electron chi connectivity index (χ1n) is 5.00. The second-order valence-corrected chi connectivity index (χ2v) is 6.09. The summed E-state index contributed by atoms with van der Waals surface area (Å²) in [6, 6.07) is 0. The van der Waals surface area contributed by atoms with E-state index in [1.54, 1.807) is 7.05 Å². The lowest BCUT2D eigenvalue weighted by Gasteiger charge is -2.29. The molecule has 0 heterocycles. The van der Waals surface area contributed by atoms with E-state index in [2.05, 4.69) is 0 Å². The molecule has 0 aromatic carbocycles. The Kier molecular flexibility index (Phi) is 3.74. The molecule has 78 valence electrons. The zero-order chi connectivity index (χ0) is 9.90. The first-order chi connectivity index (χ1) is 6.06. The minimum Gasteiger partial charge on any atom is -0.212 e. The average molecular weight is 205 g/mol. The molecule has 0 amide bonds. The van der Waals surface area contributed by atoms with E-state index in [9.17, 15) is 8.42 Å². The Balaban J connectivity index is 2.40. The van der Waals surface area contributed by atoms with Crippen LogP contribution in [0.1, 0.15) is 32.6 Å². The highest BCUT2D eigenvalue weighted by Crippen LogP contribution is 2.27. The fourth-order valence-corrected chi connectivity index (χ4v) is 2.83. The quantitative estimate of drug-likeness (QED) is 0.681. The van der Waals surface area contributed by atoms with Crippen molar-refractivity contribution < 1.29 is 8.42 Å². The Morgan fingerprint density at radius 1 is 1.38 bits per heavy atom. The molecule has 0 unspecified atom stereocenters. The fraction of sp³-hybridized carbons (Fsp3) is 1.00. The Bertz CT molecular complexity index is 244. The van der Waals surface area contributed by atoms with Crippen LogP contribution in [-0.4, -0.2) is 32.1 Å². The summed E-state index contributed by atoms with van der Waals surface area (Å²) in [7, 11) is -1.25. The van der Waals surface area contributed by atoms with Crippen molar-refractivity contribution in [2.75, 3.05) is 19.3 Å². The van der Waals surface area contributed by atoms with Crippen molar-refractivity contribution in [2.45, 2.75) is 32.6 Å². The topological polar surface area (TPSA) is 37.4 Å². The molecule has 1 aliphatic carbocycles. The van der Waals surface area contributed by atoms with Gasteiger partial charge in [0.15, 0.2) is 0 Å². The average Bonchev–Trinajstić information content (AvgIpc) is 1.96. The maximum Gasteiger partial charge on any atom is 0.213 e. The number of hydrogen-bond acceptors (Lipinski definition) is 2. The third-order valence-electron chi connectivity index (χ3n) is 2.68.